The first-order chi connectivity index (χ1) is 10.4. The van der Waals surface area contributed by atoms with Crippen LogP contribution in [0.2, 0.25) is 0 Å². The Labute approximate surface area is 119 Å². The van der Waals surface area contributed by atoms with E-state index in [2.05, 4.69) is 32.2 Å². The average molecular weight is 274 g/mol. The van der Waals surface area contributed by atoms with Crippen LogP contribution in [0, 0.1) is 0 Å². The Morgan fingerprint density at radius 2 is 1.52 bits per heavy atom. The zero-order valence-electron chi connectivity index (χ0n) is 10.9. The molecule has 3 heterocycles. The van der Waals surface area contributed by atoms with Gasteiger partial charge in [0.15, 0.2) is 0 Å². The summed E-state index contributed by atoms with van der Waals surface area (Å²) >= 11 is 0. The normalized spacial score (nSPS) is 12.6. The lowest BCUT2D eigenvalue weighted by atomic mass is 10.1. The Morgan fingerprint density at radius 3 is 2.38 bits per heavy atom. The number of para-hydroxylation sites is 3. The van der Waals surface area contributed by atoms with E-state index in [0.29, 0.717) is 5.65 Å². The van der Waals surface area contributed by atoms with Crippen LogP contribution >= 0.6 is 0 Å². The summed E-state index contributed by atoms with van der Waals surface area (Å²) in [5, 5.41) is 20.1. The standard InChI is InChI=1S/C15H10N6/c1-4-8-12-9(5-1)13-14(15-18-19-20-21(12)15)17-11-7-3-2-6-10(11)16-13/h1-8,16-17H. The van der Waals surface area contributed by atoms with Crippen molar-refractivity contribution in [1.29, 1.82) is 0 Å². The Balaban J connectivity index is 1.93. The Hall–Kier alpha value is -3.15. The summed E-state index contributed by atoms with van der Waals surface area (Å²) in [5.74, 6) is 0. The third kappa shape index (κ3) is 1.33. The third-order valence-electron chi connectivity index (χ3n) is 3.79. The molecule has 1 aliphatic rings. The lowest BCUT2D eigenvalue weighted by molar-refractivity contribution is 0.842. The van der Waals surface area contributed by atoms with E-state index in [1.165, 1.54) is 0 Å². The quantitative estimate of drug-likeness (QED) is 0.454. The number of aromatic nitrogens is 4. The molecule has 0 saturated carbocycles. The fourth-order valence-electron chi connectivity index (χ4n) is 2.84. The molecule has 0 saturated heterocycles. The van der Waals surface area contributed by atoms with Gasteiger partial charge in [0.25, 0.3) is 0 Å². The van der Waals surface area contributed by atoms with Crippen molar-refractivity contribution in [1.82, 2.24) is 20.0 Å². The number of anilines is 4. The first-order valence-electron chi connectivity index (χ1n) is 6.68. The minimum absolute atomic E-state index is 0.714. The van der Waals surface area contributed by atoms with Gasteiger partial charge in [0.1, 0.15) is 5.69 Å². The molecule has 0 radical (unpaired) electrons. The highest BCUT2D eigenvalue weighted by atomic mass is 15.5. The molecule has 0 amide bonds. The van der Waals surface area contributed by atoms with E-state index in [1.807, 2.05) is 42.5 Å². The number of pyridine rings is 1. The molecule has 2 N–H and O–H groups in total. The maximum atomic E-state index is 4.15. The van der Waals surface area contributed by atoms with Gasteiger partial charge in [-0.3, -0.25) is 0 Å². The van der Waals surface area contributed by atoms with E-state index >= 15 is 0 Å². The number of rotatable bonds is 0. The molecule has 0 unspecified atom stereocenters. The minimum Gasteiger partial charge on any atom is -0.351 e. The fraction of sp³-hybridized carbons (Fsp3) is 0. The fourth-order valence-corrected chi connectivity index (χ4v) is 2.84. The van der Waals surface area contributed by atoms with E-state index in [1.54, 1.807) is 4.52 Å². The van der Waals surface area contributed by atoms with Gasteiger partial charge >= 0.3 is 0 Å². The summed E-state index contributed by atoms with van der Waals surface area (Å²) in [6, 6.07) is 16.2. The molecule has 2 aromatic heterocycles. The molecule has 0 fully saturated rings. The first-order valence-corrected chi connectivity index (χ1v) is 6.68. The summed E-state index contributed by atoms with van der Waals surface area (Å²) in [7, 11) is 0. The van der Waals surface area contributed by atoms with Gasteiger partial charge in [-0.1, -0.05) is 30.3 Å². The molecular formula is C15H10N6. The van der Waals surface area contributed by atoms with Crippen molar-refractivity contribution in [3.05, 3.63) is 48.5 Å². The number of nitrogens with one attached hydrogen (secondary N) is 2. The number of nitrogens with zero attached hydrogens (tertiary/aromatic N) is 4. The summed E-state index contributed by atoms with van der Waals surface area (Å²) in [4.78, 5) is 0. The minimum atomic E-state index is 0.714. The van der Waals surface area contributed by atoms with Crippen molar-refractivity contribution >= 4 is 39.3 Å². The smallest absolute Gasteiger partial charge is 0.205 e. The second-order valence-corrected chi connectivity index (χ2v) is 4.98. The third-order valence-corrected chi connectivity index (χ3v) is 3.79. The summed E-state index contributed by atoms with van der Waals surface area (Å²) in [6.07, 6.45) is 0. The van der Waals surface area contributed by atoms with Crippen LogP contribution < -0.4 is 10.6 Å². The van der Waals surface area contributed by atoms with E-state index in [0.717, 1.165) is 33.7 Å². The Kier molecular flexibility index (Phi) is 1.87. The lowest BCUT2D eigenvalue weighted by Crippen LogP contribution is -2.09. The predicted octanol–water partition coefficient (Wildman–Crippen LogP) is 3.08. The van der Waals surface area contributed by atoms with Gasteiger partial charge in [-0.2, -0.15) is 4.52 Å². The van der Waals surface area contributed by atoms with Crippen molar-refractivity contribution in [2.24, 2.45) is 0 Å². The highest BCUT2D eigenvalue weighted by Gasteiger charge is 2.22. The van der Waals surface area contributed by atoms with Crippen LogP contribution in [0.5, 0.6) is 0 Å². The van der Waals surface area contributed by atoms with E-state index in [9.17, 15) is 0 Å². The van der Waals surface area contributed by atoms with Crippen LogP contribution in [-0.4, -0.2) is 20.0 Å². The molecule has 0 spiro atoms. The zero-order chi connectivity index (χ0) is 13.8. The monoisotopic (exact) mass is 274 g/mol. The van der Waals surface area contributed by atoms with Gasteiger partial charge in [-0.05, 0) is 28.6 Å². The van der Waals surface area contributed by atoms with Crippen molar-refractivity contribution in [3.63, 3.8) is 0 Å². The van der Waals surface area contributed by atoms with Gasteiger partial charge in [0.05, 0.1) is 22.6 Å². The van der Waals surface area contributed by atoms with Crippen molar-refractivity contribution < 1.29 is 0 Å². The van der Waals surface area contributed by atoms with Gasteiger partial charge in [0.2, 0.25) is 5.65 Å². The van der Waals surface area contributed by atoms with Gasteiger partial charge in [-0.25, -0.2) is 0 Å². The topological polar surface area (TPSA) is 67.1 Å². The highest BCUT2D eigenvalue weighted by molar-refractivity contribution is 6.09. The summed E-state index contributed by atoms with van der Waals surface area (Å²) in [6.45, 7) is 0. The van der Waals surface area contributed by atoms with E-state index in [4.69, 9.17) is 0 Å². The summed E-state index contributed by atoms with van der Waals surface area (Å²) in [5.41, 5.74) is 5.66. The van der Waals surface area contributed by atoms with Crippen LogP contribution in [-0.2, 0) is 0 Å². The lowest BCUT2D eigenvalue weighted by Gasteiger charge is -2.24. The van der Waals surface area contributed by atoms with Crippen LogP contribution in [0.3, 0.4) is 0 Å². The molecule has 6 nitrogen and oxygen atoms in total. The molecular weight excluding hydrogens is 264 g/mol. The molecule has 4 aromatic rings. The zero-order valence-corrected chi connectivity index (χ0v) is 10.9. The van der Waals surface area contributed by atoms with E-state index < -0.39 is 0 Å². The average Bonchev–Trinajstić information content (AvgIpc) is 3.03. The Bertz CT molecular complexity index is 1000. The summed E-state index contributed by atoms with van der Waals surface area (Å²) < 4.78 is 1.76. The van der Waals surface area contributed by atoms with Crippen molar-refractivity contribution in [2.45, 2.75) is 0 Å². The van der Waals surface area contributed by atoms with Crippen LogP contribution in [0.25, 0.3) is 16.6 Å². The van der Waals surface area contributed by atoms with Gasteiger partial charge in [0, 0.05) is 5.39 Å². The Morgan fingerprint density at radius 1 is 0.810 bits per heavy atom. The molecule has 1 aliphatic heterocycles. The van der Waals surface area contributed by atoms with Crippen molar-refractivity contribution in [3.8, 4) is 0 Å². The second kappa shape index (κ2) is 3.69. The molecule has 0 bridgehead atoms. The van der Waals surface area contributed by atoms with Crippen LogP contribution in [0.1, 0.15) is 0 Å². The maximum Gasteiger partial charge on any atom is 0.205 e. The molecule has 0 atom stereocenters. The number of fused-ring (bicyclic) bond motifs is 7. The number of hydrogen-bond donors (Lipinski definition) is 2. The number of tetrazole rings is 1. The van der Waals surface area contributed by atoms with Gasteiger partial charge < -0.3 is 10.6 Å². The SMILES string of the molecule is c1ccc2c(c1)Nc1c(c3nnnn3c3ccccc13)N2. The van der Waals surface area contributed by atoms with Crippen LogP contribution in [0.4, 0.5) is 22.7 Å². The molecule has 6 heteroatoms. The molecule has 5 rings (SSSR count). The highest BCUT2D eigenvalue weighted by Crippen LogP contribution is 2.43. The largest absolute Gasteiger partial charge is 0.351 e. The molecule has 2 aromatic carbocycles. The maximum absolute atomic E-state index is 4.15. The molecule has 100 valence electrons. The number of hydrogen-bond acceptors (Lipinski definition) is 5. The van der Waals surface area contributed by atoms with Gasteiger partial charge in [-0.15, -0.1) is 5.10 Å². The molecule has 0 aliphatic carbocycles. The van der Waals surface area contributed by atoms with Crippen LogP contribution in [0.15, 0.2) is 48.5 Å². The first kappa shape index (κ1) is 10.6. The van der Waals surface area contributed by atoms with Crippen molar-refractivity contribution in [2.75, 3.05) is 10.6 Å². The molecule has 21 heavy (non-hydrogen) atoms. The van der Waals surface area contributed by atoms with E-state index in [-0.39, 0.29) is 0 Å². The predicted molar refractivity (Wildman–Crippen MR) is 81.3 cm³/mol. The number of benzene rings is 2. The second-order valence-electron chi connectivity index (χ2n) is 4.98.